The number of benzene rings is 1. The molecule has 1 amide bonds. The van der Waals surface area contributed by atoms with E-state index in [-0.39, 0.29) is 24.0 Å². The zero-order chi connectivity index (χ0) is 18.5. The van der Waals surface area contributed by atoms with Crippen molar-refractivity contribution in [3.8, 4) is 11.5 Å². The molecule has 0 saturated carbocycles. The van der Waals surface area contributed by atoms with E-state index in [4.69, 9.17) is 8.83 Å². The largest absolute Gasteiger partial charge is 0.467 e. The van der Waals surface area contributed by atoms with Gasteiger partial charge in [-0.3, -0.25) is 9.00 Å². The molecule has 0 bridgehead atoms. The lowest BCUT2D eigenvalue weighted by Gasteiger charge is -2.03. The van der Waals surface area contributed by atoms with Gasteiger partial charge in [0.1, 0.15) is 17.3 Å². The summed E-state index contributed by atoms with van der Waals surface area (Å²) >= 11 is 0. The lowest BCUT2D eigenvalue weighted by molar-refractivity contribution is -0.118. The van der Waals surface area contributed by atoms with Gasteiger partial charge in [-0.15, -0.1) is 0 Å². The second kappa shape index (κ2) is 8.14. The summed E-state index contributed by atoms with van der Waals surface area (Å²) in [6, 6.07) is 11.3. The van der Waals surface area contributed by atoms with Gasteiger partial charge in [-0.25, -0.2) is 4.98 Å². The number of furan rings is 1. The number of rotatable bonds is 7. The molecule has 136 valence electrons. The van der Waals surface area contributed by atoms with Gasteiger partial charge < -0.3 is 14.2 Å². The number of carbonyl (C=O) groups excluding carboxylic acids is 1. The second-order valence-electron chi connectivity index (χ2n) is 5.97. The van der Waals surface area contributed by atoms with Crippen LogP contribution in [0.3, 0.4) is 0 Å². The van der Waals surface area contributed by atoms with Crippen LogP contribution in [0.15, 0.2) is 51.5 Å². The fourth-order valence-corrected chi connectivity index (χ4v) is 3.45. The molecule has 0 radical (unpaired) electrons. The van der Waals surface area contributed by atoms with Crippen molar-refractivity contribution in [2.45, 2.75) is 26.1 Å². The third-order valence-electron chi connectivity index (χ3n) is 3.82. The van der Waals surface area contributed by atoms with Gasteiger partial charge in [0.15, 0.2) is 0 Å². The Labute approximate surface area is 154 Å². The van der Waals surface area contributed by atoms with Crippen LogP contribution >= 0.6 is 0 Å². The van der Waals surface area contributed by atoms with E-state index in [9.17, 15) is 9.00 Å². The minimum absolute atomic E-state index is 0.0904. The first-order chi connectivity index (χ1) is 12.5. The first-order valence-electron chi connectivity index (χ1n) is 8.18. The molecule has 3 rings (SSSR count). The van der Waals surface area contributed by atoms with E-state index in [1.807, 2.05) is 31.2 Å². The highest BCUT2D eigenvalue weighted by molar-refractivity contribution is 7.84. The Kier molecular flexibility index (Phi) is 5.68. The van der Waals surface area contributed by atoms with E-state index in [1.54, 1.807) is 25.3 Å². The number of aromatic nitrogens is 1. The summed E-state index contributed by atoms with van der Waals surface area (Å²) in [5.41, 5.74) is 2.63. The molecular weight excluding hydrogens is 352 g/mol. The van der Waals surface area contributed by atoms with Crippen LogP contribution in [0.2, 0.25) is 0 Å². The minimum Gasteiger partial charge on any atom is -0.467 e. The molecule has 26 heavy (non-hydrogen) atoms. The lowest BCUT2D eigenvalue weighted by Crippen LogP contribution is -2.28. The van der Waals surface area contributed by atoms with E-state index in [0.717, 1.165) is 11.1 Å². The van der Waals surface area contributed by atoms with Gasteiger partial charge in [0.25, 0.3) is 0 Å². The molecule has 3 aromatic rings. The molecule has 0 saturated heterocycles. The van der Waals surface area contributed by atoms with Crippen molar-refractivity contribution in [2.24, 2.45) is 0 Å². The molecule has 0 aliphatic rings. The third kappa shape index (κ3) is 4.70. The molecule has 0 unspecified atom stereocenters. The van der Waals surface area contributed by atoms with Crippen LogP contribution in [-0.4, -0.2) is 20.9 Å². The summed E-state index contributed by atoms with van der Waals surface area (Å²) in [7, 11) is -1.37. The fourth-order valence-electron chi connectivity index (χ4n) is 2.38. The van der Waals surface area contributed by atoms with Crippen LogP contribution in [0.1, 0.15) is 22.8 Å². The minimum atomic E-state index is -1.37. The van der Waals surface area contributed by atoms with Gasteiger partial charge in [-0.05, 0) is 38.1 Å². The van der Waals surface area contributed by atoms with Crippen molar-refractivity contribution in [3.63, 3.8) is 0 Å². The van der Waals surface area contributed by atoms with Gasteiger partial charge in [-0.1, -0.05) is 17.7 Å². The number of nitrogens with zero attached hydrogens (tertiary/aromatic N) is 1. The number of hydrogen-bond acceptors (Lipinski definition) is 5. The summed E-state index contributed by atoms with van der Waals surface area (Å²) < 4.78 is 23.1. The molecule has 1 aromatic carbocycles. The topological polar surface area (TPSA) is 85.3 Å². The molecule has 0 fully saturated rings. The van der Waals surface area contributed by atoms with Crippen LogP contribution in [0.4, 0.5) is 0 Å². The predicted octanol–water partition coefficient (Wildman–Crippen LogP) is 3.12. The van der Waals surface area contributed by atoms with E-state index in [2.05, 4.69) is 10.3 Å². The van der Waals surface area contributed by atoms with Gasteiger partial charge in [0, 0.05) is 16.4 Å². The van der Waals surface area contributed by atoms with Crippen LogP contribution < -0.4 is 5.32 Å². The number of aryl methyl sites for hydroxylation is 2. The zero-order valence-corrected chi connectivity index (χ0v) is 15.5. The number of hydrogen-bond donors (Lipinski definition) is 1. The summed E-state index contributed by atoms with van der Waals surface area (Å²) in [5, 5.41) is 2.68. The third-order valence-corrected chi connectivity index (χ3v) is 5.00. The Bertz CT molecular complexity index is 898. The number of amides is 1. The van der Waals surface area contributed by atoms with Crippen molar-refractivity contribution < 1.29 is 17.8 Å². The average molecular weight is 372 g/mol. The van der Waals surface area contributed by atoms with E-state index >= 15 is 0 Å². The molecule has 1 N–H and O–H groups in total. The molecule has 0 aliphatic carbocycles. The average Bonchev–Trinajstić information content (AvgIpc) is 3.24. The molecule has 0 spiro atoms. The highest BCUT2D eigenvalue weighted by Gasteiger charge is 2.16. The fraction of sp³-hybridized carbons (Fsp3) is 0.263. The lowest BCUT2D eigenvalue weighted by atomic mass is 10.1. The first kappa shape index (κ1) is 18.1. The van der Waals surface area contributed by atoms with Crippen molar-refractivity contribution in [1.82, 2.24) is 10.3 Å². The van der Waals surface area contributed by atoms with Crippen molar-refractivity contribution >= 4 is 16.7 Å². The summed E-state index contributed by atoms with van der Waals surface area (Å²) in [4.78, 5) is 16.3. The Morgan fingerprint density at radius 3 is 2.65 bits per heavy atom. The van der Waals surface area contributed by atoms with E-state index in [1.165, 1.54) is 0 Å². The molecule has 7 heteroatoms. The van der Waals surface area contributed by atoms with Gasteiger partial charge >= 0.3 is 0 Å². The molecule has 1 atom stereocenters. The molecular formula is C19H20N2O4S. The van der Waals surface area contributed by atoms with Crippen molar-refractivity contribution in [3.05, 3.63) is 65.4 Å². The Morgan fingerprint density at radius 2 is 1.96 bits per heavy atom. The maximum Gasteiger partial charge on any atom is 0.233 e. The second-order valence-corrected chi connectivity index (χ2v) is 7.43. The Hall–Kier alpha value is -2.67. The molecule has 2 aromatic heterocycles. The maximum absolute atomic E-state index is 12.3. The van der Waals surface area contributed by atoms with Crippen LogP contribution in [0.25, 0.3) is 11.5 Å². The predicted molar refractivity (Wildman–Crippen MR) is 98.7 cm³/mol. The van der Waals surface area contributed by atoms with Gasteiger partial charge in [0.2, 0.25) is 11.8 Å². The van der Waals surface area contributed by atoms with Crippen LogP contribution in [0, 0.1) is 13.8 Å². The highest BCUT2D eigenvalue weighted by Crippen LogP contribution is 2.22. The summed E-state index contributed by atoms with van der Waals surface area (Å²) in [6.45, 7) is 4.08. The smallest absolute Gasteiger partial charge is 0.233 e. The number of carbonyl (C=O) groups is 1. The molecule has 0 aliphatic heterocycles. The molecule has 2 heterocycles. The van der Waals surface area contributed by atoms with Crippen LogP contribution in [0.5, 0.6) is 0 Å². The van der Waals surface area contributed by atoms with Crippen molar-refractivity contribution in [1.29, 1.82) is 0 Å². The first-order valence-corrected chi connectivity index (χ1v) is 9.67. The number of nitrogens with one attached hydrogen (secondary N) is 1. The zero-order valence-electron chi connectivity index (χ0n) is 14.7. The maximum atomic E-state index is 12.3. The number of oxazole rings is 1. The van der Waals surface area contributed by atoms with Crippen molar-refractivity contribution in [2.75, 3.05) is 5.75 Å². The highest BCUT2D eigenvalue weighted by atomic mass is 32.2. The van der Waals surface area contributed by atoms with E-state index in [0.29, 0.717) is 23.1 Å². The quantitative estimate of drug-likeness (QED) is 0.689. The Balaban J connectivity index is 1.57. The summed E-state index contributed by atoms with van der Waals surface area (Å²) in [6.07, 6.45) is 1.54. The SMILES string of the molecule is Cc1ccc(-c2nc(C[S@@](=O)CC(=O)NCc3ccco3)c(C)o2)cc1. The normalized spacial score (nSPS) is 12.1. The summed E-state index contributed by atoms with van der Waals surface area (Å²) in [5.74, 6) is 1.56. The molecule has 6 nitrogen and oxygen atoms in total. The van der Waals surface area contributed by atoms with E-state index < -0.39 is 10.8 Å². The standard InChI is InChI=1S/C19H20N2O4S/c1-13-5-7-15(8-6-13)19-21-17(14(2)25-19)11-26(23)12-18(22)20-10-16-4-3-9-24-16/h3-9H,10-12H2,1-2H3,(H,20,22)/t26-/m1/s1. The van der Waals surface area contributed by atoms with Gasteiger partial charge in [-0.2, -0.15) is 0 Å². The Morgan fingerprint density at radius 1 is 1.19 bits per heavy atom. The van der Waals surface area contributed by atoms with Crippen LogP contribution in [-0.2, 0) is 27.9 Å². The monoisotopic (exact) mass is 372 g/mol. The van der Waals surface area contributed by atoms with Gasteiger partial charge in [0.05, 0.1) is 24.3 Å².